The van der Waals surface area contributed by atoms with Crippen LogP contribution in [0.2, 0.25) is 5.02 Å². The fourth-order valence-corrected chi connectivity index (χ4v) is 4.11. The fourth-order valence-electron chi connectivity index (χ4n) is 2.83. The van der Waals surface area contributed by atoms with Gasteiger partial charge in [0.2, 0.25) is 0 Å². The number of hydrogen-bond acceptors (Lipinski definition) is 5. The highest BCUT2D eigenvalue weighted by Crippen LogP contribution is 2.38. The minimum atomic E-state index is -0.0344. The zero-order chi connectivity index (χ0) is 16.8. The van der Waals surface area contributed by atoms with E-state index >= 15 is 0 Å². The number of benzene rings is 1. The fraction of sp³-hybridized carbons (Fsp3) is 0.294. The summed E-state index contributed by atoms with van der Waals surface area (Å²) in [6.45, 7) is 5.33. The van der Waals surface area contributed by atoms with E-state index in [9.17, 15) is 4.79 Å². The second-order valence-corrected chi connectivity index (χ2v) is 7.35. The molecule has 0 saturated carbocycles. The molecule has 0 fully saturated rings. The molecule has 0 amide bonds. The molecule has 0 saturated heterocycles. The van der Waals surface area contributed by atoms with E-state index in [2.05, 4.69) is 4.98 Å². The molecule has 1 aliphatic rings. The van der Waals surface area contributed by atoms with Gasteiger partial charge >= 0.3 is 0 Å². The molecule has 1 aliphatic heterocycles. The van der Waals surface area contributed by atoms with Gasteiger partial charge in [0.25, 0.3) is 5.56 Å². The van der Waals surface area contributed by atoms with Gasteiger partial charge in [-0.3, -0.25) is 9.36 Å². The third-order valence-corrected chi connectivity index (χ3v) is 5.56. The molecule has 3 heterocycles. The molecule has 4 rings (SSSR count). The molecule has 0 aliphatic carbocycles. The summed E-state index contributed by atoms with van der Waals surface area (Å²) in [6, 6.07) is 3.67. The first-order valence-corrected chi connectivity index (χ1v) is 8.77. The molecule has 0 N–H and O–H groups in total. The van der Waals surface area contributed by atoms with E-state index < -0.39 is 0 Å². The maximum atomic E-state index is 12.8. The lowest BCUT2D eigenvalue weighted by Crippen LogP contribution is -2.21. The van der Waals surface area contributed by atoms with Gasteiger partial charge in [0.15, 0.2) is 11.5 Å². The smallest absolute Gasteiger partial charge is 0.262 e. The highest BCUT2D eigenvalue weighted by Gasteiger charge is 2.18. The molecule has 1 aromatic carbocycles. The molecule has 0 atom stereocenters. The van der Waals surface area contributed by atoms with Crippen molar-refractivity contribution in [3.8, 4) is 11.5 Å². The second-order valence-electron chi connectivity index (χ2n) is 5.74. The molecule has 7 heteroatoms. The zero-order valence-corrected chi connectivity index (χ0v) is 14.8. The number of hydrogen-bond donors (Lipinski definition) is 0. The third kappa shape index (κ3) is 2.46. The Bertz CT molecular complexity index is 1010. The Morgan fingerprint density at radius 1 is 1.29 bits per heavy atom. The van der Waals surface area contributed by atoms with E-state index in [4.69, 9.17) is 21.1 Å². The van der Waals surface area contributed by atoms with Crippen molar-refractivity contribution in [2.75, 3.05) is 13.2 Å². The molecule has 0 spiro atoms. The van der Waals surface area contributed by atoms with Crippen molar-refractivity contribution in [2.45, 2.75) is 20.4 Å². The van der Waals surface area contributed by atoms with E-state index in [0.29, 0.717) is 41.7 Å². The third-order valence-electron chi connectivity index (χ3n) is 4.17. The Labute approximate surface area is 147 Å². The van der Waals surface area contributed by atoms with E-state index in [-0.39, 0.29) is 5.56 Å². The molecule has 0 radical (unpaired) electrons. The summed E-state index contributed by atoms with van der Waals surface area (Å²) in [5.74, 6) is 1.19. The largest absolute Gasteiger partial charge is 0.486 e. The van der Waals surface area contributed by atoms with Crippen LogP contribution in [-0.2, 0) is 6.54 Å². The minimum absolute atomic E-state index is 0.0344. The maximum Gasteiger partial charge on any atom is 0.262 e. The van der Waals surface area contributed by atoms with Crippen LogP contribution in [0.4, 0.5) is 0 Å². The molecular weight excluding hydrogens is 348 g/mol. The summed E-state index contributed by atoms with van der Waals surface area (Å²) in [5.41, 5.74) is 1.84. The van der Waals surface area contributed by atoms with Crippen molar-refractivity contribution >= 4 is 33.2 Å². The number of ether oxygens (including phenoxy) is 2. The number of rotatable bonds is 2. The lowest BCUT2D eigenvalue weighted by molar-refractivity contribution is 0.171. The summed E-state index contributed by atoms with van der Waals surface area (Å²) in [5, 5.41) is 1.19. The van der Waals surface area contributed by atoms with Crippen LogP contribution in [0.15, 0.2) is 23.3 Å². The van der Waals surface area contributed by atoms with Crippen molar-refractivity contribution in [1.29, 1.82) is 0 Å². The van der Waals surface area contributed by atoms with Gasteiger partial charge in [-0.05, 0) is 37.1 Å². The van der Waals surface area contributed by atoms with Gasteiger partial charge in [0, 0.05) is 4.88 Å². The van der Waals surface area contributed by atoms with E-state index in [1.54, 1.807) is 28.3 Å². The van der Waals surface area contributed by atoms with Gasteiger partial charge < -0.3 is 9.47 Å². The first-order valence-electron chi connectivity index (χ1n) is 7.58. The monoisotopic (exact) mass is 362 g/mol. The summed E-state index contributed by atoms with van der Waals surface area (Å²) >= 11 is 7.82. The molecule has 24 heavy (non-hydrogen) atoms. The Balaban J connectivity index is 1.77. The molecule has 2 aromatic heterocycles. The number of halogens is 1. The Kier molecular flexibility index (Phi) is 3.73. The van der Waals surface area contributed by atoms with Gasteiger partial charge in [0.05, 0.1) is 23.3 Å². The van der Waals surface area contributed by atoms with Crippen LogP contribution >= 0.6 is 22.9 Å². The van der Waals surface area contributed by atoms with Crippen LogP contribution in [-0.4, -0.2) is 22.8 Å². The summed E-state index contributed by atoms with van der Waals surface area (Å²) < 4.78 is 12.7. The van der Waals surface area contributed by atoms with Crippen molar-refractivity contribution < 1.29 is 9.47 Å². The van der Waals surface area contributed by atoms with Gasteiger partial charge in [0.1, 0.15) is 18.0 Å². The highest BCUT2D eigenvalue weighted by atomic mass is 35.5. The number of fused-ring (bicyclic) bond motifs is 2. The second kappa shape index (κ2) is 5.79. The maximum absolute atomic E-state index is 12.8. The van der Waals surface area contributed by atoms with E-state index in [1.165, 1.54) is 0 Å². The average Bonchev–Trinajstić information content (AvgIpc) is 2.86. The van der Waals surface area contributed by atoms with Crippen LogP contribution in [0.25, 0.3) is 10.2 Å². The number of thiophene rings is 1. The predicted octanol–water partition coefficient (Wildman–Crippen LogP) is 3.55. The number of aryl methyl sites for hydroxylation is 2. The summed E-state index contributed by atoms with van der Waals surface area (Å²) in [4.78, 5) is 19.1. The summed E-state index contributed by atoms with van der Waals surface area (Å²) in [7, 11) is 0. The Morgan fingerprint density at radius 3 is 2.92 bits per heavy atom. The van der Waals surface area contributed by atoms with Crippen LogP contribution in [0, 0.1) is 13.8 Å². The molecule has 5 nitrogen and oxygen atoms in total. The molecule has 3 aromatic rings. The molecular formula is C17H15ClN2O3S. The van der Waals surface area contributed by atoms with Crippen LogP contribution in [0.5, 0.6) is 11.5 Å². The lowest BCUT2D eigenvalue weighted by atomic mass is 10.2. The number of aromatic nitrogens is 2. The molecule has 0 bridgehead atoms. The van der Waals surface area contributed by atoms with Crippen LogP contribution in [0.3, 0.4) is 0 Å². The average molecular weight is 363 g/mol. The van der Waals surface area contributed by atoms with Gasteiger partial charge in [-0.1, -0.05) is 11.6 Å². The molecule has 124 valence electrons. The first kappa shape index (κ1) is 15.5. The minimum Gasteiger partial charge on any atom is -0.486 e. The lowest BCUT2D eigenvalue weighted by Gasteiger charge is -2.20. The van der Waals surface area contributed by atoms with Crippen molar-refractivity contribution in [1.82, 2.24) is 9.55 Å². The zero-order valence-electron chi connectivity index (χ0n) is 13.3. The van der Waals surface area contributed by atoms with Gasteiger partial charge in [-0.15, -0.1) is 11.3 Å². The Hall–Kier alpha value is -2.05. The van der Waals surface area contributed by atoms with Crippen LogP contribution < -0.4 is 15.0 Å². The topological polar surface area (TPSA) is 53.4 Å². The van der Waals surface area contributed by atoms with E-state index in [0.717, 1.165) is 20.8 Å². The normalized spacial score (nSPS) is 13.5. The Morgan fingerprint density at radius 2 is 2.08 bits per heavy atom. The quantitative estimate of drug-likeness (QED) is 0.699. The molecule has 0 unspecified atom stereocenters. The SMILES string of the molecule is Cc1sc2ncn(Cc3cc(Cl)c4c(c3)OCCO4)c(=O)c2c1C. The van der Waals surface area contributed by atoms with Crippen molar-refractivity contribution in [3.05, 3.63) is 49.8 Å². The number of nitrogens with zero attached hydrogens (tertiary/aromatic N) is 2. The van der Waals surface area contributed by atoms with Crippen molar-refractivity contribution in [3.63, 3.8) is 0 Å². The first-order chi connectivity index (χ1) is 11.5. The standard InChI is InChI=1S/C17H15ClN2O3S/c1-9-10(2)24-16-14(9)17(21)20(8-19-16)7-11-5-12(18)15-13(6-11)22-3-4-23-15/h5-6,8H,3-4,7H2,1-2H3. The van der Waals surface area contributed by atoms with Crippen LogP contribution in [0.1, 0.15) is 16.0 Å². The van der Waals surface area contributed by atoms with E-state index in [1.807, 2.05) is 19.9 Å². The predicted molar refractivity (Wildman–Crippen MR) is 94.9 cm³/mol. The van der Waals surface area contributed by atoms with Crippen molar-refractivity contribution in [2.24, 2.45) is 0 Å². The van der Waals surface area contributed by atoms with Gasteiger partial charge in [-0.2, -0.15) is 0 Å². The van der Waals surface area contributed by atoms with Gasteiger partial charge in [-0.25, -0.2) is 4.98 Å². The summed E-state index contributed by atoms with van der Waals surface area (Å²) in [6.07, 6.45) is 1.59. The highest BCUT2D eigenvalue weighted by molar-refractivity contribution is 7.18.